The molecule has 100 valence electrons. The number of benzene rings is 1. The molecule has 1 aliphatic heterocycles. The average Bonchev–Trinajstić information content (AvgIpc) is 2.78. The number of carbonyl (C=O) groups excluding carboxylic acids is 1. The van der Waals surface area contributed by atoms with Gasteiger partial charge in [-0.05, 0) is 24.5 Å². The van der Waals surface area contributed by atoms with Gasteiger partial charge in [0.25, 0.3) is 0 Å². The van der Waals surface area contributed by atoms with Crippen LogP contribution in [0.4, 0.5) is 5.69 Å². The highest BCUT2D eigenvalue weighted by atomic mass is 16.1. The molecule has 3 aliphatic rings. The van der Waals surface area contributed by atoms with Crippen LogP contribution < -0.4 is 5.32 Å². The second-order valence-electron chi connectivity index (χ2n) is 7.09. The quantitative estimate of drug-likeness (QED) is 0.766. The van der Waals surface area contributed by atoms with Gasteiger partial charge in [0, 0.05) is 22.9 Å². The molecule has 1 aromatic rings. The second-order valence-corrected chi connectivity index (χ2v) is 7.09. The molecule has 2 heteroatoms. The third-order valence-corrected chi connectivity index (χ3v) is 6.24. The van der Waals surface area contributed by atoms with Gasteiger partial charge in [0.15, 0.2) is 0 Å². The smallest absolute Gasteiger partial charge is 0.141 e. The van der Waals surface area contributed by atoms with Crippen LogP contribution in [-0.4, -0.2) is 11.3 Å². The Bertz CT molecular complexity index is 576. The van der Waals surface area contributed by atoms with E-state index >= 15 is 0 Å². The van der Waals surface area contributed by atoms with Crippen LogP contribution >= 0.6 is 0 Å². The lowest BCUT2D eigenvalue weighted by atomic mass is 9.56. The van der Waals surface area contributed by atoms with Crippen LogP contribution in [0, 0.1) is 5.41 Å². The van der Waals surface area contributed by atoms with E-state index in [0.29, 0.717) is 5.78 Å². The summed E-state index contributed by atoms with van der Waals surface area (Å²) in [7, 11) is 0. The number of Topliss-reactive ketones (excluding diaryl/α,β-unsaturated/α-hetero) is 1. The number of para-hydroxylation sites is 1. The van der Waals surface area contributed by atoms with Gasteiger partial charge in [-0.2, -0.15) is 0 Å². The standard InChI is InChI=1S/C17H21NO/c1-15(2)14(19)11-16-9-5-6-10-17(15,16)18-13-8-4-3-7-12(13)16/h3-4,7-8,18H,5-6,9-11H2,1-2H3/t16-,17?/m0/s1. The van der Waals surface area contributed by atoms with Crippen molar-refractivity contribution in [1.82, 2.24) is 0 Å². The summed E-state index contributed by atoms with van der Waals surface area (Å²) in [5.41, 5.74) is 2.42. The minimum atomic E-state index is -0.257. The Morgan fingerprint density at radius 1 is 1.11 bits per heavy atom. The number of hydrogen-bond acceptors (Lipinski definition) is 2. The SMILES string of the molecule is CC1(C)C(=O)C[C@]23CCCCC12Nc1ccccc13. The highest BCUT2D eigenvalue weighted by Crippen LogP contribution is 2.67. The van der Waals surface area contributed by atoms with Crippen molar-refractivity contribution in [3.05, 3.63) is 29.8 Å². The Hall–Kier alpha value is -1.31. The first-order valence-corrected chi connectivity index (χ1v) is 7.45. The fraction of sp³-hybridized carbons (Fsp3) is 0.588. The van der Waals surface area contributed by atoms with Crippen molar-refractivity contribution in [3.8, 4) is 0 Å². The van der Waals surface area contributed by atoms with Crippen LogP contribution in [0.3, 0.4) is 0 Å². The molecule has 2 nitrogen and oxygen atoms in total. The van der Waals surface area contributed by atoms with Gasteiger partial charge in [-0.15, -0.1) is 0 Å². The third-order valence-electron chi connectivity index (χ3n) is 6.24. The minimum absolute atomic E-state index is 0.0426. The van der Waals surface area contributed by atoms with Gasteiger partial charge in [0.2, 0.25) is 0 Å². The fourth-order valence-electron chi connectivity index (χ4n) is 5.19. The van der Waals surface area contributed by atoms with Gasteiger partial charge < -0.3 is 5.32 Å². The molecule has 2 aliphatic carbocycles. The zero-order chi connectivity index (χ0) is 13.3. The van der Waals surface area contributed by atoms with Crippen LogP contribution in [0.1, 0.15) is 51.5 Å². The van der Waals surface area contributed by atoms with Gasteiger partial charge in [-0.3, -0.25) is 4.79 Å². The van der Waals surface area contributed by atoms with Crippen molar-refractivity contribution in [1.29, 1.82) is 0 Å². The van der Waals surface area contributed by atoms with Crippen molar-refractivity contribution < 1.29 is 4.79 Å². The lowest BCUT2D eigenvalue weighted by molar-refractivity contribution is -0.125. The Labute approximate surface area is 114 Å². The van der Waals surface area contributed by atoms with Gasteiger partial charge >= 0.3 is 0 Å². The molecular weight excluding hydrogens is 234 g/mol. The van der Waals surface area contributed by atoms with Crippen LogP contribution in [0.15, 0.2) is 24.3 Å². The molecule has 0 amide bonds. The topological polar surface area (TPSA) is 29.1 Å². The first-order valence-electron chi connectivity index (χ1n) is 7.45. The zero-order valence-corrected chi connectivity index (χ0v) is 11.8. The molecule has 1 N–H and O–H groups in total. The van der Waals surface area contributed by atoms with E-state index in [1.165, 1.54) is 24.1 Å². The Balaban J connectivity index is 2.02. The minimum Gasteiger partial charge on any atom is -0.377 e. The van der Waals surface area contributed by atoms with E-state index < -0.39 is 0 Å². The summed E-state index contributed by atoms with van der Waals surface area (Å²) in [4.78, 5) is 12.6. The van der Waals surface area contributed by atoms with E-state index in [2.05, 4.69) is 43.4 Å². The molecule has 0 saturated heterocycles. The molecule has 0 spiro atoms. The van der Waals surface area contributed by atoms with Crippen molar-refractivity contribution in [2.75, 3.05) is 5.32 Å². The molecular formula is C17H21NO. The number of hydrogen-bond donors (Lipinski definition) is 1. The zero-order valence-electron chi connectivity index (χ0n) is 11.8. The molecule has 1 aromatic carbocycles. The first-order chi connectivity index (χ1) is 9.04. The number of ketones is 1. The van der Waals surface area contributed by atoms with Crippen molar-refractivity contribution >= 4 is 11.5 Å². The van der Waals surface area contributed by atoms with E-state index in [4.69, 9.17) is 0 Å². The van der Waals surface area contributed by atoms with E-state index in [-0.39, 0.29) is 16.4 Å². The Morgan fingerprint density at radius 2 is 1.84 bits per heavy atom. The fourth-order valence-corrected chi connectivity index (χ4v) is 5.19. The lowest BCUT2D eigenvalue weighted by Gasteiger charge is -2.50. The number of rotatable bonds is 0. The highest BCUT2D eigenvalue weighted by Gasteiger charge is 2.71. The van der Waals surface area contributed by atoms with E-state index in [0.717, 1.165) is 19.3 Å². The van der Waals surface area contributed by atoms with Crippen molar-refractivity contribution in [2.45, 2.75) is 56.9 Å². The predicted molar refractivity (Wildman–Crippen MR) is 76.3 cm³/mol. The van der Waals surface area contributed by atoms with Gasteiger partial charge in [-0.1, -0.05) is 44.9 Å². The molecule has 2 fully saturated rings. The first kappa shape index (κ1) is 11.5. The summed E-state index contributed by atoms with van der Waals surface area (Å²) < 4.78 is 0. The summed E-state index contributed by atoms with van der Waals surface area (Å²) in [5, 5.41) is 3.80. The normalized spacial score (nSPS) is 38.3. The van der Waals surface area contributed by atoms with Crippen LogP contribution in [0.5, 0.6) is 0 Å². The number of anilines is 1. The average molecular weight is 255 g/mol. The molecule has 0 radical (unpaired) electrons. The second kappa shape index (κ2) is 3.23. The monoisotopic (exact) mass is 255 g/mol. The highest BCUT2D eigenvalue weighted by molar-refractivity contribution is 5.94. The number of nitrogens with one attached hydrogen (secondary N) is 1. The summed E-state index contributed by atoms with van der Waals surface area (Å²) in [6, 6.07) is 8.64. The maximum Gasteiger partial charge on any atom is 0.141 e. The molecule has 1 unspecified atom stereocenters. The predicted octanol–water partition coefficient (Wildman–Crippen LogP) is 3.66. The van der Waals surface area contributed by atoms with Crippen LogP contribution in [0.2, 0.25) is 0 Å². The van der Waals surface area contributed by atoms with Crippen LogP contribution in [-0.2, 0) is 10.2 Å². The summed E-state index contributed by atoms with van der Waals surface area (Å²) >= 11 is 0. The molecule has 0 aromatic heterocycles. The molecule has 2 saturated carbocycles. The maximum atomic E-state index is 12.6. The van der Waals surface area contributed by atoms with Gasteiger partial charge in [-0.25, -0.2) is 0 Å². The molecule has 0 bridgehead atoms. The molecule has 4 rings (SSSR count). The Morgan fingerprint density at radius 3 is 2.68 bits per heavy atom. The van der Waals surface area contributed by atoms with Crippen LogP contribution in [0.25, 0.3) is 0 Å². The van der Waals surface area contributed by atoms with E-state index in [1.807, 2.05) is 0 Å². The van der Waals surface area contributed by atoms with E-state index in [9.17, 15) is 4.79 Å². The number of carbonyl (C=O) groups is 1. The third kappa shape index (κ3) is 1.05. The summed E-state index contributed by atoms with van der Waals surface area (Å²) in [6.45, 7) is 4.31. The number of fused-ring (bicyclic) bond motifs is 1. The largest absolute Gasteiger partial charge is 0.377 e. The maximum absolute atomic E-state index is 12.6. The van der Waals surface area contributed by atoms with Crippen molar-refractivity contribution in [2.24, 2.45) is 5.41 Å². The van der Waals surface area contributed by atoms with Gasteiger partial charge in [0.1, 0.15) is 5.78 Å². The molecule has 2 atom stereocenters. The molecule has 1 heterocycles. The van der Waals surface area contributed by atoms with Gasteiger partial charge in [0.05, 0.1) is 5.54 Å². The molecule has 19 heavy (non-hydrogen) atoms. The lowest BCUT2D eigenvalue weighted by Crippen LogP contribution is -2.58. The van der Waals surface area contributed by atoms with Crippen molar-refractivity contribution in [3.63, 3.8) is 0 Å². The Kier molecular flexibility index (Phi) is 1.95. The summed E-state index contributed by atoms with van der Waals surface area (Å²) in [5.74, 6) is 0.441. The van der Waals surface area contributed by atoms with E-state index in [1.54, 1.807) is 0 Å². The summed E-state index contributed by atoms with van der Waals surface area (Å²) in [6.07, 6.45) is 5.50.